The van der Waals surface area contributed by atoms with Crippen molar-refractivity contribution in [1.29, 1.82) is 0 Å². The predicted molar refractivity (Wildman–Crippen MR) is 97.7 cm³/mol. The van der Waals surface area contributed by atoms with Crippen molar-refractivity contribution in [3.05, 3.63) is 66.2 Å². The second-order valence-electron chi connectivity index (χ2n) is 5.55. The molecule has 1 amide bonds. The van der Waals surface area contributed by atoms with Gasteiger partial charge < -0.3 is 15.2 Å². The molecule has 0 aromatic heterocycles. The lowest BCUT2D eigenvalue weighted by Gasteiger charge is -2.19. The largest absolute Gasteiger partial charge is 0.467 e. The van der Waals surface area contributed by atoms with Crippen molar-refractivity contribution in [2.45, 2.75) is 23.5 Å². The minimum absolute atomic E-state index is 0.126. The zero-order valence-electron chi connectivity index (χ0n) is 14.3. The molecule has 0 heterocycles. The molecule has 26 heavy (non-hydrogen) atoms. The third kappa shape index (κ3) is 5.50. The number of methoxy groups -OCH3 is 1. The summed E-state index contributed by atoms with van der Waals surface area (Å²) < 4.78 is 17.0. The maximum atomic E-state index is 12.3. The highest BCUT2D eigenvalue weighted by Gasteiger charge is 2.26. The Labute approximate surface area is 154 Å². The van der Waals surface area contributed by atoms with Crippen LogP contribution in [0, 0.1) is 0 Å². The van der Waals surface area contributed by atoms with Gasteiger partial charge in [-0.1, -0.05) is 48.5 Å². The van der Waals surface area contributed by atoms with E-state index in [0.29, 0.717) is 10.5 Å². The second-order valence-corrected chi connectivity index (χ2v) is 7.12. The van der Waals surface area contributed by atoms with Crippen molar-refractivity contribution in [2.75, 3.05) is 12.9 Å². The zero-order valence-corrected chi connectivity index (χ0v) is 15.1. The molecular weight excluding hydrogens is 354 g/mol. The van der Waals surface area contributed by atoms with Crippen LogP contribution in [0.4, 0.5) is 0 Å². The van der Waals surface area contributed by atoms with Gasteiger partial charge in [0.05, 0.1) is 17.9 Å². The molecule has 0 bridgehead atoms. The van der Waals surface area contributed by atoms with Crippen LogP contribution in [0.2, 0.25) is 0 Å². The molecule has 2 aromatic carbocycles. The van der Waals surface area contributed by atoms with Gasteiger partial charge in [0.25, 0.3) is 5.91 Å². The summed E-state index contributed by atoms with van der Waals surface area (Å²) in [7, 11) is -0.0940. The second kappa shape index (κ2) is 9.84. The van der Waals surface area contributed by atoms with Crippen molar-refractivity contribution in [3.8, 4) is 0 Å². The van der Waals surface area contributed by atoms with Crippen LogP contribution in [0.3, 0.4) is 0 Å². The highest BCUT2D eigenvalue weighted by atomic mass is 32.2. The fraction of sp³-hybridized carbons (Fsp3) is 0.263. The molecule has 0 saturated carbocycles. The lowest BCUT2D eigenvalue weighted by Crippen LogP contribution is -2.44. The third-order valence-corrected chi connectivity index (χ3v) is 5.17. The Hall–Kier alpha value is -2.51. The van der Waals surface area contributed by atoms with Gasteiger partial charge in [0.15, 0.2) is 6.10 Å². The normalized spacial score (nSPS) is 14.1. The fourth-order valence-electron chi connectivity index (χ4n) is 2.34. The van der Waals surface area contributed by atoms with E-state index in [9.17, 15) is 18.9 Å². The summed E-state index contributed by atoms with van der Waals surface area (Å²) in [6.45, 7) is 0. The van der Waals surface area contributed by atoms with Crippen molar-refractivity contribution >= 4 is 22.7 Å². The summed E-state index contributed by atoms with van der Waals surface area (Å²) in [5.41, 5.74) is 0.418. The molecular formula is C19H21NO5S. The molecule has 0 unspecified atom stereocenters. The SMILES string of the molecule is COC(=O)[C@@H](CC[S@@](=O)c1ccccc1)NC(=O)[C@@H](O)c1ccccc1. The third-order valence-electron chi connectivity index (χ3n) is 3.76. The Kier molecular flexibility index (Phi) is 7.50. The molecule has 138 valence electrons. The van der Waals surface area contributed by atoms with Gasteiger partial charge in [0, 0.05) is 10.6 Å². The summed E-state index contributed by atoms with van der Waals surface area (Å²) >= 11 is 0. The number of hydrogen-bond donors (Lipinski definition) is 2. The molecule has 0 fully saturated rings. The van der Waals surface area contributed by atoms with Crippen LogP contribution in [-0.2, 0) is 25.1 Å². The first-order valence-corrected chi connectivity index (χ1v) is 9.39. The van der Waals surface area contributed by atoms with Crippen molar-refractivity contribution in [3.63, 3.8) is 0 Å². The number of esters is 1. The van der Waals surface area contributed by atoms with Crippen LogP contribution in [0.5, 0.6) is 0 Å². The Morgan fingerprint density at radius 3 is 2.23 bits per heavy atom. The maximum Gasteiger partial charge on any atom is 0.328 e. The molecule has 2 N–H and O–H groups in total. The molecule has 0 aliphatic heterocycles. The topological polar surface area (TPSA) is 92.7 Å². The highest BCUT2D eigenvalue weighted by Crippen LogP contribution is 2.13. The van der Waals surface area contributed by atoms with E-state index in [2.05, 4.69) is 5.32 Å². The number of aliphatic hydroxyl groups excluding tert-OH is 1. The van der Waals surface area contributed by atoms with Crippen LogP contribution in [0.1, 0.15) is 18.1 Å². The Morgan fingerprint density at radius 1 is 1.08 bits per heavy atom. The quantitative estimate of drug-likeness (QED) is 0.684. The lowest BCUT2D eigenvalue weighted by atomic mass is 10.1. The summed E-state index contributed by atoms with van der Waals surface area (Å²) in [6, 6.07) is 16.3. The van der Waals surface area contributed by atoms with Crippen molar-refractivity contribution in [2.24, 2.45) is 0 Å². The Morgan fingerprint density at radius 2 is 1.65 bits per heavy atom. The van der Waals surface area contributed by atoms with Gasteiger partial charge in [0.1, 0.15) is 6.04 Å². The lowest BCUT2D eigenvalue weighted by molar-refractivity contribution is -0.146. The van der Waals surface area contributed by atoms with Crippen LogP contribution < -0.4 is 5.32 Å². The minimum atomic E-state index is -1.40. The van der Waals surface area contributed by atoms with Crippen molar-refractivity contribution < 1.29 is 23.6 Å². The van der Waals surface area contributed by atoms with Gasteiger partial charge in [-0.05, 0) is 24.1 Å². The molecule has 7 heteroatoms. The molecule has 0 saturated heterocycles. The van der Waals surface area contributed by atoms with E-state index in [1.165, 1.54) is 7.11 Å². The molecule has 0 aliphatic rings. The maximum absolute atomic E-state index is 12.3. The van der Waals surface area contributed by atoms with Crippen LogP contribution in [-0.4, -0.2) is 40.1 Å². The van der Waals surface area contributed by atoms with Crippen molar-refractivity contribution in [1.82, 2.24) is 5.32 Å². The van der Waals surface area contributed by atoms with Gasteiger partial charge >= 0.3 is 5.97 Å². The standard InChI is InChI=1S/C19H21NO5S/c1-25-19(23)16(12-13-26(24)15-10-6-3-7-11-15)20-18(22)17(21)14-8-4-2-5-9-14/h2-11,16-17,21H,12-13H2,1H3,(H,20,22)/t16-,17+,26-/m1/s1. The Bertz CT molecular complexity index is 751. The highest BCUT2D eigenvalue weighted by molar-refractivity contribution is 7.85. The first-order valence-electron chi connectivity index (χ1n) is 8.07. The molecule has 6 nitrogen and oxygen atoms in total. The molecule has 2 aromatic rings. The van der Waals surface area contributed by atoms with Crippen LogP contribution in [0.15, 0.2) is 65.6 Å². The number of nitrogens with one attached hydrogen (secondary N) is 1. The average Bonchev–Trinajstić information content (AvgIpc) is 2.70. The fourth-order valence-corrected chi connectivity index (χ4v) is 3.49. The van der Waals surface area contributed by atoms with E-state index in [4.69, 9.17) is 4.74 Å². The summed E-state index contributed by atoms with van der Waals surface area (Å²) in [6.07, 6.45) is -1.27. The molecule has 3 atom stereocenters. The molecule has 0 radical (unpaired) electrons. The van der Waals surface area contributed by atoms with E-state index in [0.717, 1.165) is 0 Å². The van der Waals surface area contributed by atoms with E-state index in [-0.39, 0.29) is 12.2 Å². The van der Waals surface area contributed by atoms with Gasteiger partial charge in [-0.25, -0.2) is 4.79 Å². The monoisotopic (exact) mass is 375 g/mol. The smallest absolute Gasteiger partial charge is 0.328 e. The van der Waals surface area contributed by atoms with E-state index in [1.807, 2.05) is 6.07 Å². The van der Waals surface area contributed by atoms with Gasteiger partial charge in [0.2, 0.25) is 0 Å². The van der Waals surface area contributed by atoms with E-state index >= 15 is 0 Å². The van der Waals surface area contributed by atoms with Gasteiger partial charge in [-0.2, -0.15) is 0 Å². The number of benzene rings is 2. The van der Waals surface area contributed by atoms with Crippen LogP contribution in [0.25, 0.3) is 0 Å². The van der Waals surface area contributed by atoms with E-state index in [1.54, 1.807) is 54.6 Å². The first-order chi connectivity index (χ1) is 12.5. The number of aliphatic hydroxyl groups is 1. The number of ether oxygens (including phenoxy) is 1. The molecule has 0 spiro atoms. The minimum Gasteiger partial charge on any atom is -0.467 e. The first kappa shape index (κ1) is 19.8. The van der Waals surface area contributed by atoms with Crippen LogP contribution >= 0.6 is 0 Å². The number of rotatable bonds is 8. The summed E-state index contributed by atoms with van der Waals surface area (Å²) in [4.78, 5) is 24.8. The van der Waals surface area contributed by atoms with Gasteiger partial charge in [-0.3, -0.25) is 9.00 Å². The number of carbonyl (C=O) groups is 2. The zero-order chi connectivity index (χ0) is 18.9. The summed E-state index contributed by atoms with van der Waals surface area (Å²) in [5.74, 6) is -1.19. The average molecular weight is 375 g/mol. The summed E-state index contributed by atoms with van der Waals surface area (Å²) in [5, 5.41) is 12.6. The molecule has 2 rings (SSSR count). The Balaban J connectivity index is 2.00. The molecule has 0 aliphatic carbocycles. The predicted octanol–water partition coefficient (Wildman–Crippen LogP) is 1.58. The number of hydrogen-bond acceptors (Lipinski definition) is 5. The number of amides is 1. The van der Waals surface area contributed by atoms with Gasteiger partial charge in [-0.15, -0.1) is 0 Å². The van der Waals surface area contributed by atoms with E-state index < -0.39 is 34.8 Å². The number of carbonyl (C=O) groups excluding carboxylic acids is 2.